The second-order valence-corrected chi connectivity index (χ2v) is 18.7. The van der Waals surface area contributed by atoms with E-state index in [9.17, 15) is 32.6 Å². The van der Waals surface area contributed by atoms with Gasteiger partial charge >= 0.3 is 0 Å². The van der Waals surface area contributed by atoms with Crippen molar-refractivity contribution in [1.82, 2.24) is 19.8 Å². The summed E-state index contributed by atoms with van der Waals surface area (Å²) in [6.45, 7) is 2.67. The summed E-state index contributed by atoms with van der Waals surface area (Å²) in [7, 11) is 0. The van der Waals surface area contributed by atoms with Crippen LogP contribution in [0.25, 0.3) is 0 Å². The van der Waals surface area contributed by atoms with E-state index in [1.54, 1.807) is 41.6 Å². The molecule has 1 aliphatic heterocycles. The fourth-order valence-corrected chi connectivity index (χ4v) is 9.51. The highest BCUT2D eigenvalue weighted by molar-refractivity contribution is 6.30. The number of amides is 1. The first-order valence-corrected chi connectivity index (χ1v) is 24.6. The Labute approximate surface area is 428 Å². The molecule has 1 fully saturated rings. The molecule has 73 heavy (non-hydrogen) atoms. The molecule has 1 amide bonds. The minimum atomic E-state index is -1.10. The lowest BCUT2D eigenvalue weighted by atomic mass is 9.95. The fourth-order valence-electron chi connectivity index (χ4n) is 9.34. The average Bonchev–Trinajstić information content (AvgIpc) is 3.83. The number of benzene rings is 6. The molecule has 4 atom stereocenters. The topological polar surface area (TPSA) is 93.0 Å². The first-order chi connectivity index (χ1) is 35.4. The van der Waals surface area contributed by atoms with Gasteiger partial charge in [-0.05, 0) is 101 Å². The van der Waals surface area contributed by atoms with Gasteiger partial charge in [-0.1, -0.05) is 133 Å². The number of aliphatic hydroxyl groups is 2. The maximum atomic E-state index is 14.2. The van der Waals surface area contributed by atoms with Crippen molar-refractivity contribution >= 4 is 23.2 Å². The largest absolute Gasteiger partial charge is 0.385 e. The average molecular weight is 1010 g/mol. The molecule has 1 saturated heterocycles. The van der Waals surface area contributed by atoms with Crippen LogP contribution in [0.1, 0.15) is 69.8 Å². The fraction of sp³-hybridized carbons (Fsp3) is 0.217. The van der Waals surface area contributed by atoms with E-state index in [0.717, 1.165) is 40.8 Å². The van der Waals surface area contributed by atoms with Gasteiger partial charge in [0.2, 0.25) is 5.91 Å². The van der Waals surface area contributed by atoms with Crippen molar-refractivity contribution in [2.24, 2.45) is 0 Å². The second-order valence-electron chi connectivity index (χ2n) is 18.2. The van der Waals surface area contributed by atoms with Gasteiger partial charge in [0.1, 0.15) is 35.5 Å². The number of anilines is 1. The maximum absolute atomic E-state index is 14.2. The number of carbonyl (C=O) groups excluding carboxylic acids is 1. The monoisotopic (exact) mass is 1010 g/mol. The molecule has 0 bridgehead atoms. The lowest BCUT2D eigenvalue weighted by molar-refractivity contribution is -0.117. The summed E-state index contributed by atoms with van der Waals surface area (Å²) in [4.78, 5) is 27.1. The molecule has 8 aromatic rings. The number of nitrogens with zero attached hydrogens (tertiary/aromatic N) is 5. The molecule has 3 heterocycles. The summed E-state index contributed by atoms with van der Waals surface area (Å²) in [6.07, 6.45) is 2.67. The van der Waals surface area contributed by atoms with Crippen LogP contribution in [0.15, 0.2) is 194 Å². The van der Waals surface area contributed by atoms with Gasteiger partial charge in [0.05, 0.1) is 11.4 Å². The van der Waals surface area contributed by atoms with Crippen LogP contribution in [0.3, 0.4) is 0 Å². The lowest BCUT2D eigenvalue weighted by Gasteiger charge is -2.35. The third kappa shape index (κ3) is 15.0. The SMILES string of the molecule is O=C1CCCN1c1ccnc([C@@H](O)[C@H](Cc2cc(F)cc(F)c2)N(Cc2ccccc2)Cc2ccccc2)c1.O[C@H](c1cc(Cl)ccn1)[C@H](Cc1cc(F)cc(F)c1)N(Cc1ccccc1)Cc1ccccc1. The molecule has 374 valence electrons. The van der Waals surface area contributed by atoms with Gasteiger partial charge in [-0.15, -0.1) is 0 Å². The van der Waals surface area contributed by atoms with Crippen LogP contribution in [0, 0.1) is 23.3 Å². The number of hydrogen-bond acceptors (Lipinski definition) is 7. The Kier molecular flexibility index (Phi) is 18.3. The summed E-state index contributed by atoms with van der Waals surface area (Å²) in [5.41, 5.74) is 6.58. The molecule has 13 heteroatoms. The van der Waals surface area contributed by atoms with Crippen LogP contribution in [0.2, 0.25) is 5.02 Å². The van der Waals surface area contributed by atoms with Crippen LogP contribution in [-0.4, -0.2) is 54.5 Å². The van der Waals surface area contributed by atoms with Crippen LogP contribution in [0.5, 0.6) is 0 Å². The molecule has 2 aromatic heterocycles. The zero-order valence-electron chi connectivity index (χ0n) is 40.1. The zero-order valence-corrected chi connectivity index (χ0v) is 40.8. The van der Waals surface area contributed by atoms with Gasteiger partial charge in [-0.2, -0.15) is 0 Å². The molecule has 0 radical (unpaired) electrons. The highest BCUT2D eigenvalue weighted by atomic mass is 35.5. The standard InChI is InChI=1S/C32H31F2N3O2.C28H25ClF2N2O/c33-26-16-25(17-27(34)19-26)18-30(32(39)29-20-28(13-14-35-29)37-15-7-12-31(37)38)36(21-23-8-3-1-4-9-23)22-24-10-5-2-6-11-24;29-23-11-12-32-26(16-23)28(34)27(15-22-13-24(30)17-25(31)14-22)33(18-20-7-3-1-4-8-20)19-21-9-5-2-6-10-21/h1-6,8-11,13-14,16-17,19-20,30,32,39H,7,12,15,18,21-22H2;1-14,16-17,27-28,34H,15,18-19H2/t30-,32+;27-,28+/m00/s1. The Morgan fingerprint density at radius 1 is 0.493 bits per heavy atom. The summed E-state index contributed by atoms with van der Waals surface area (Å²) >= 11 is 6.17. The third-order valence-corrected chi connectivity index (χ3v) is 13.0. The molecule has 9 rings (SSSR count). The summed E-state index contributed by atoms with van der Waals surface area (Å²) < 4.78 is 56.4. The van der Waals surface area contributed by atoms with E-state index in [4.69, 9.17) is 11.6 Å². The number of hydrogen-bond donors (Lipinski definition) is 2. The first kappa shape index (κ1) is 52.3. The number of aliphatic hydroxyl groups excluding tert-OH is 2. The van der Waals surface area contributed by atoms with Gasteiger partial charge in [0, 0.05) is 86.5 Å². The molecular formula is C60H56ClF4N5O3. The number of halogens is 5. The van der Waals surface area contributed by atoms with Gasteiger partial charge < -0.3 is 15.1 Å². The van der Waals surface area contributed by atoms with Crippen molar-refractivity contribution < 1.29 is 32.6 Å². The molecule has 0 aliphatic carbocycles. The molecular weight excluding hydrogens is 950 g/mol. The maximum Gasteiger partial charge on any atom is 0.227 e. The van der Waals surface area contributed by atoms with E-state index in [1.807, 2.05) is 121 Å². The summed E-state index contributed by atoms with van der Waals surface area (Å²) in [6, 6.07) is 52.2. The predicted molar refractivity (Wildman–Crippen MR) is 277 cm³/mol. The summed E-state index contributed by atoms with van der Waals surface area (Å²) in [5, 5.41) is 23.8. The zero-order chi connectivity index (χ0) is 51.1. The highest BCUT2D eigenvalue weighted by Gasteiger charge is 2.32. The van der Waals surface area contributed by atoms with E-state index < -0.39 is 47.6 Å². The van der Waals surface area contributed by atoms with Gasteiger partial charge in [-0.3, -0.25) is 24.6 Å². The van der Waals surface area contributed by atoms with Gasteiger partial charge in [0.15, 0.2) is 0 Å². The Morgan fingerprint density at radius 2 is 0.863 bits per heavy atom. The molecule has 0 spiro atoms. The third-order valence-electron chi connectivity index (χ3n) is 12.8. The lowest BCUT2D eigenvalue weighted by Crippen LogP contribution is -2.41. The van der Waals surface area contributed by atoms with E-state index in [0.29, 0.717) is 72.4 Å². The van der Waals surface area contributed by atoms with Crippen molar-refractivity contribution in [3.63, 3.8) is 0 Å². The van der Waals surface area contributed by atoms with Crippen LogP contribution >= 0.6 is 11.6 Å². The second kappa shape index (κ2) is 25.5. The Hall–Kier alpha value is -7.06. The minimum Gasteiger partial charge on any atom is -0.385 e. The van der Waals surface area contributed by atoms with Crippen LogP contribution in [-0.2, 0) is 43.8 Å². The quantitative estimate of drug-likeness (QED) is 0.0780. The number of aromatic nitrogens is 2. The van der Waals surface area contributed by atoms with Crippen molar-refractivity contribution in [2.45, 2.75) is 76.2 Å². The van der Waals surface area contributed by atoms with E-state index in [1.165, 1.54) is 24.3 Å². The van der Waals surface area contributed by atoms with Crippen molar-refractivity contribution in [1.29, 1.82) is 0 Å². The molecule has 8 nitrogen and oxygen atoms in total. The smallest absolute Gasteiger partial charge is 0.227 e. The number of pyridine rings is 2. The predicted octanol–water partition coefficient (Wildman–Crippen LogP) is 12.2. The van der Waals surface area contributed by atoms with E-state index >= 15 is 0 Å². The number of carbonyl (C=O) groups is 1. The van der Waals surface area contributed by atoms with Gasteiger partial charge in [-0.25, -0.2) is 17.6 Å². The van der Waals surface area contributed by atoms with Crippen molar-refractivity contribution in [3.8, 4) is 0 Å². The Balaban J connectivity index is 0.000000197. The van der Waals surface area contributed by atoms with Crippen molar-refractivity contribution in [2.75, 3.05) is 11.4 Å². The molecule has 0 saturated carbocycles. The Bertz CT molecular complexity index is 2890. The molecule has 6 aromatic carbocycles. The normalized spacial score (nSPS) is 14.2. The number of rotatable bonds is 19. The molecule has 0 unspecified atom stereocenters. The van der Waals surface area contributed by atoms with Gasteiger partial charge in [0.25, 0.3) is 0 Å². The Morgan fingerprint density at radius 3 is 1.22 bits per heavy atom. The first-order valence-electron chi connectivity index (χ1n) is 24.2. The summed E-state index contributed by atoms with van der Waals surface area (Å²) in [5.74, 6) is -2.58. The molecule has 1 aliphatic rings. The minimum absolute atomic E-state index is 0.0446. The van der Waals surface area contributed by atoms with E-state index in [2.05, 4.69) is 19.8 Å². The van der Waals surface area contributed by atoms with Crippen LogP contribution in [0.4, 0.5) is 23.2 Å². The highest BCUT2D eigenvalue weighted by Crippen LogP contribution is 2.32. The van der Waals surface area contributed by atoms with E-state index in [-0.39, 0.29) is 18.7 Å². The van der Waals surface area contributed by atoms with Crippen molar-refractivity contribution in [3.05, 3.63) is 267 Å². The molecule has 2 N–H and O–H groups in total. The van der Waals surface area contributed by atoms with Crippen LogP contribution < -0.4 is 4.90 Å².